The summed E-state index contributed by atoms with van der Waals surface area (Å²) in [5.74, 6) is 2.41. The van der Waals surface area contributed by atoms with Gasteiger partial charge in [0.05, 0.1) is 6.54 Å². The number of ether oxygens (including phenoxy) is 2. The van der Waals surface area contributed by atoms with Gasteiger partial charge in [-0.15, -0.1) is 15.3 Å². The predicted molar refractivity (Wildman–Crippen MR) is 80.4 cm³/mol. The van der Waals surface area contributed by atoms with Crippen molar-refractivity contribution >= 4 is 11.5 Å². The molecule has 3 heterocycles. The fourth-order valence-corrected chi connectivity index (χ4v) is 2.47. The van der Waals surface area contributed by atoms with Crippen molar-refractivity contribution in [3.05, 3.63) is 42.7 Å². The van der Waals surface area contributed by atoms with E-state index in [9.17, 15) is 0 Å². The van der Waals surface area contributed by atoms with Gasteiger partial charge in [-0.05, 0) is 24.3 Å². The van der Waals surface area contributed by atoms with Crippen molar-refractivity contribution in [2.24, 2.45) is 0 Å². The molecule has 22 heavy (non-hydrogen) atoms. The molecule has 0 unspecified atom stereocenters. The van der Waals surface area contributed by atoms with E-state index < -0.39 is 0 Å². The molecule has 112 valence electrons. The molecule has 0 radical (unpaired) electrons. The van der Waals surface area contributed by atoms with Gasteiger partial charge in [0.2, 0.25) is 0 Å². The zero-order valence-corrected chi connectivity index (χ0v) is 12.1. The Kier molecular flexibility index (Phi) is 3.03. The lowest BCUT2D eigenvalue weighted by Gasteiger charge is -2.29. The topological polar surface area (TPSA) is 64.8 Å². The van der Waals surface area contributed by atoms with Gasteiger partial charge in [0.15, 0.2) is 23.3 Å². The van der Waals surface area contributed by atoms with Crippen LogP contribution in [0.5, 0.6) is 11.5 Å². The molecule has 2 aromatic heterocycles. The van der Waals surface area contributed by atoms with E-state index in [1.165, 1.54) is 0 Å². The molecular weight excluding hydrogens is 282 g/mol. The quantitative estimate of drug-likeness (QED) is 0.728. The number of hydrogen-bond donors (Lipinski definition) is 0. The molecule has 4 rings (SSSR count). The maximum atomic E-state index is 5.97. The summed E-state index contributed by atoms with van der Waals surface area (Å²) >= 11 is 0. The Hall–Kier alpha value is -2.83. The van der Waals surface area contributed by atoms with E-state index in [1.807, 2.05) is 48.3 Å². The maximum Gasteiger partial charge on any atom is 0.177 e. The number of para-hydroxylation sites is 2. The van der Waals surface area contributed by atoms with Crippen LogP contribution in [-0.2, 0) is 0 Å². The van der Waals surface area contributed by atoms with Crippen LogP contribution in [0.1, 0.15) is 0 Å². The summed E-state index contributed by atoms with van der Waals surface area (Å²) in [6.07, 6.45) is 1.54. The van der Waals surface area contributed by atoms with Crippen molar-refractivity contribution < 1.29 is 9.47 Å². The number of likely N-dealkylation sites (N-methyl/N-ethyl adjacent to an activating group) is 1. The fraction of sp³-hybridized carbons (Fsp3) is 0.267. The minimum atomic E-state index is -0.0432. The summed E-state index contributed by atoms with van der Waals surface area (Å²) in [4.78, 5) is 2.03. The van der Waals surface area contributed by atoms with E-state index in [1.54, 1.807) is 10.8 Å². The molecule has 0 spiro atoms. The van der Waals surface area contributed by atoms with Crippen molar-refractivity contribution in [3.8, 4) is 11.5 Å². The molecule has 3 aromatic rings. The lowest BCUT2D eigenvalue weighted by atomic mass is 10.2. The second kappa shape index (κ2) is 5.18. The summed E-state index contributed by atoms with van der Waals surface area (Å²) in [5, 5.41) is 12.2. The first kappa shape index (κ1) is 12.9. The summed E-state index contributed by atoms with van der Waals surface area (Å²) in [7, 11) is 1.97. The SMILES string of the molecule is CN(C[C@@H]1COc2ccccc2O1)c1ccc2nncn2n1. The highest BCUT2D eigenvalue weighted by Crippen LogP contribution is 2.31. The lowest BCUT2D eigenvalue weighted by Crippen LogP contribution is -2.39. The molecule has 0 fully saturated rings. The van der Waals surface area contributed by atoms with Gasteiger partial charge in [0, 0.05) is 7.05 Å². The Labute approximate surface area is 127 Å². The van der Waals surface area contributed by atoms with Crippen molar-refractivity contribution in [2.45, 2.75) is 6.10 Å². The third-order valence-electron chi connectivity index (χ3n) is 3.58. The first-order chi connectivity index (χ1) is 10.8. The second-order valence-electron chi connectivity index (χ2n) is 5.20. The van der Waals surface area contributed by atoms with Gasteiger partial charge < -0.3 is 14.4 Å². The number of aromatic nitrogens is 4. The molecule has 1 aromatic carbocycles. The van der Waals surface area contributed by atoms with Crippen molar-refractivity contribution in [1.82, 2.24) is 19.8 Å². The monoisotopic (exact) mass is 297 g/mol. The number of anilines is 1. The molecule has 7 nitrogen and oxygen atoms in total. The number of fused-ring (bicyclic) bond motifs is 2. The normalized spacial score (nSPS) is 16.7. The number of rotatable bonds is 3. The highest BCUT2D eigenvalue weighted by atomic mass is 16.6. The molecule has 1 aliphatic heterocycles. The van der Waals surface area contributed by atoms with Gasteiger partial charge in [0.25, 0.3) is 0 Å². The lowest BCUT2D eigenvalue weighted by molar-refractivity contribution is 0.0959. The van der Waals surface area contributed by atoms with Gasteiger partial charge >= 0.3 is 0 Å². The number of hydrogen-bond acceptors (Lipinski definition) is 6. The largest absolute Gasteiger partial charge is 0.486 e. The van der Waals surface area contributed by atoms with Crippen LogP contribution in [0.25, 0.3) is 5.65 Å². The zero-order valence-electron chi connectivity index (χ0n) is 12.1. The van der Waals surface area contributed by atoms with Crippen LogP contribution in [0.2, 0.25) is 0 Å². The highest BCUT2D eigenvalue weighted by Gasteiger charge is 2.22. The van der Waals surface area contributed by atoms with Gasteiger partial charge in [-0.1, -0.05) is 12.1 Å². The molecule has 0 bridgehead atoms. The van der Waals surface area contributed by atoms with E-state index in [0.29, 0.717) is 13.2 Å². The van der Waals surface area contributed by atoms with Gasteiger partial charge in [-0.25, -0.2) is 0 Å². The fourth-order valence-electron chi connectivity index (χ4n) is 2.47. The van der Waals surface area contributed by atoms with Crippen molar-refractivity contribution in [3.63, 3.8) is 0 Å². The maximum absolute atomic E-state index is 5.97. The van der Waals surface area contributed by atoms with Crippen LogP contribution in [0.3, 0.4) is 0 Å². The van der Waals surface area contributed by atoms with Crippen LogP contribution >= 0.6 is 0 Å². The first-order valence-electron chi connectivity index (χ1n) is 7.06. The van der Waals surface area contributed by atoms with E-state index in [4.69, 9.17) is 9.47 Å². The molecular formula is C15H15N5O2. The number of benzene rings is 1. The standard InChI is InChI=1S/C15H15N5O2/c1-19(15-7-6-14-17-16-10-20(14)18-15)8-11-9-21-12-4-2-3-5-13(12)22-11/h2-7,10-11H,8-9H2,1H3/t11-/m1/s1. The van der Waals surface area contributed by atoms with Gasteiger partial charge in [0.1, 0.15) is 18.8 Å². The second-order valence-corrected chi connectivity index (χ2v) is 5.20. The molecule has 7 heteroatoms. The molecule has 0 amide bonds. The van der Waals surface area contributed by atoms with Crippen LogP contribution < -0.4 is 14.4 Å². The van der Waals surface area contributed by atoms with Crippen molar-refractivity contribution in [1.29, 1.82) is 0 Å². The van der Waals surface area contributed by atoms with Crippen LogP contribution in [-0.4, -0.2) is 46.1 Å². The Morgan fingerprint density at radius 2 is 2.09 bits per heavy atom. The molecule has 0 N–H and O–H groups in total. The number of nitrogens with zero attached hydrogens (tertiary/aromatic N) is 5. The summed E-state index contributed by atoms with van der Waals surface area (Å²) in [6.45, 7) is 1.20. The third-order valence-corrected chi connectivity index (χ3v) is 3.58. The molecule has 0 saturated carbocycles. The summed E-state index contributed by atoms with van der Waals surface area (Å²) in [6, 6.07) is 11.5. The van der Waals surface area contributed by atoms with E-state index in [0.717, 1.165) is 23.0 Å². The minimum absolute atomic E-state index is 0.0432. The summed E-state index contributed by atoms with van der Waals surface area (Å²) < 4.78 is 13.4. The molecule has 0 saturated heterocycles. The van der Waals surface area contributed by atoms with E-state index in [2.05, 4.69) is 15.3 Å². The Balaban J connectivity index is 1.49. The van der Waals surface area contributed by atoms with Crippen LogP contribution in [0, 0.1) is 0 Å². The molecule has 1 atom stereocenters. The van der Waals surface area contributed by atoms with Crippen LogP contribution in [0.15, 0.2) is 42.7 Å². The highest BCUT2D eigenvalue weighted by molar-refractivity contribution is 5.45. The van der Waals surface area contributed by atoms with Crippen LogP contribution in [0.4, 0.5) is 5.82 Å². The van der Waals surface area contributed by atoms with E-state index in [-0.39, 0.29) is 6.10 Å². The summed E-state index contributed by atoms with van der Waals surface area (Å²) in [5.41, 5.74) is 0.725. The van der Waals surface area contributed by atoms with E-state index >= 15 is 0 Å². The zero-order chi connectivity index (χ0) is 14.9. The molecule has 1 aliphatic rings. The Bertz CT molecular complexity index is 803. The molecule has 0 aliphatic carbocycles. The van der Waals surface area contributed by atoms with Crippen molar-refractivity contribution in [2.75, 3.05) is 25.1 Å². The minimum Gasteiger partial charge on any atom is -0.486 e. The average Bonchev–Trinajstić information content (AvgIpc) is 3.02. The Morgan fingerprint density at radius 1 is 1.23 bits per heavy atom. The predicted octanol–water partition coefficient (Wildman–Crippen LogP) is 1.40. The first-order valence-corrected chi connectivity index (χ1v) is 7.06. The van der Waals surface area contributed by atoms with Gasteiger partial charge in [-0.3, -0.25) is 0 Å². The third kappa shape index (κ3) is 2.30. The average molecular weight is 297 g/mol. The Morgan fingerprint density at radius 3 is 3.00 bits per heavy atom. The van der Waals surface area contributed by atoms with Gasteiger partial charge in [-0.2, -0.15) is 4.52 Å². The smallest absolute Gasteiger partial charge is 0.177 e.